The van der Waals surface area contributed by atoms with Crippen molar-refractivity contribution >= 4 is 33.2 Å². The molecule has 0 amide bonds. The van der Waals surface area contributed by atoms with Gasteiger partial charge in [0.05, 0.1) is 18.9 Å². The Morgan fingerprint density at radius 2 is 1.83 bits per heavy atom. The first-order chi connectivity index (χ1) is 14.1. The van der Waals surface area contributed by atoms with E-state index in [0.29, 0.717) is 5.02 Å². The molecule has 0 aliphatic carbocycles. The number of rotatable bonds is 3. The van der Waals surface area contributed by atoms with Crippen LogP contribution < -0.4 is 9.47 Å². The third-order valence-electron chi connectivity index (χ3n) is 5.33. The van der Waals surface area contributed by atoms with E-state index in [2.05, 4.69) is 33.1 Å². The summed E-state index contributed by atoms with van der Waals surface area (Å²) in [5.41, 5.74) is 4.23. The average molecular weight is 470 g/mol. The Kier molecular flexibility index (Phi) is 4.72. The summed E-state index contributed by atoms with van der Waals surface area (Å²) in [6, 6.07) is 22.1. The molecule has 4 nitrogen and oxygen atoms in total. The largest absolute Gasteiger partial charge is 0.497 e. The predicted molar refractivity (Wildman–Crippen MR) is 118 cm³/mol. The van der Waals surface area contributed by atoms with Crippen molar-refractivity contribution in [1.82, 2.24) is 5.01 Å². The standard InChI is InChI=1S/C23H18BrClN2O2/c1-28-18-9-4-14(5-10-18)20-13-21-19-12-17(25)8-11-22(19)29-23(27(21)26-20)15-2-6-16(24)7-3-15/h2-12,21,23H,13H2,1H3/t21-,23+/m1/s1. The summed E-state index contributed by atoms with van der Waals surface area (Å²) in [7, 11) is 1.67. The van der Waals surface area contributed by atoms with Crippen molar-refractivity contribution in [2.24, 2.45) is 5.10 Å². The van der Waals surface area contributed by atoms with Gasteiger partial charge in [-0.1, -0.05) is 39.7 Å². The molecule has 0 N–H and O–H groups in total. The molecule has 2 heterocycles. The van der Waals surface area contributed by atoms with Crippen molar-refractivity contribution in [3.8, 4) is 11.5 Å². The fourth-order valence-electron chi connectivity index (χ4n) is 3.86. The first kappa shape index (κ1) is 18.5. The zero-order valence-electron chi connectivity index (χ0n) is 15.7. The quantitative estimate of drug-likeness (QED) is 0.448. The third kappa shape index (κ3) is 3.38. The highest BCUT2D eigenvalue weighted by atomic mass is 79.9. The highest BCUT2D eigenvalue weighted by Crippen LogP contribution is 2.48. The molecule has 5 rings (SSSR count). The fourth-order valence-corrected chi connectivity index (χ4v) is 4.31. The molecule has 6 heteroatoms. The van der Waals surface area contributed by atoms with Crippen molar-refractivity contribution in [3.63, 3.8) is 0 Å². The summed E-state index contributed by atoms with van der Waals surface area (Å²) in [5.74, 6) is 1.69. The molecular weight excluding hydrogens is 452 g/mol. The van der Waals surface area contributed by atoms with E-state index in [9.17, 15) is 0 Å². The third-order valence-corrected chi connectivity index (χ3v) is 6.09. The van der Waals surface area contributed by atoms with Crippen LogP contribution in [-0.4, -0.2) is 17.8 Å². The lowest BCUT2D eigenvalue weighted by Crippen LogP contribution is -2.33. The molecule has 0 saturated heterocycles. The number of methoxy groups -OCH3 is 1. The zero-order valence-corrected chi connectivity index (χ0v) is 18.0. The van der Waals surface area contributed by atoms with E-state index >= 15 is 0 Å². The van der Waals surface area contributed by atoms with Gasteiger partial charge in [-0.05, 0) is 60.2 Å². The summed E-state index contributed by atoms with van der Waals surface area (Å²) in [6.45, 7) is 0. The Hall–Kier alpha value is -2.50. The van der Waals surface area contributed by atoms with Gasteiger partial charge in [-0.3, -0.25) is 0 Å². The summed E-state index contributed by atoms with van der Waals surface area (Å²) in [6.07, 6.45) is 0.494. The van der Waals surface area contributed by atoms with E-state index in [1.54, 1.807) is 7.11 Å². The van der Waals surface area contributed by atoms with Crippen LogP contribution in [0.4, 0.5) is 0 Å². The number of hydrogen-bond acceptors (Lipinski definition) is 4. The first-order valence-corrected chi connectivity index (χ1v) is 10.5. The summed E-state index contributed by atoms with van der Waals surface area (Å²) in [5, 5.41) is 7.73. The molecule has 0 bridgehead atoms. The van der Waals surface area contributed by atoms with Crippen LogP contribution in [0, 0.1) is 0 Å². The van der Waals surface area contributed by atoms with Crippen LogP contribution in [0.5, 0.6) is 11.5 Å². The molecule has 3 aromatic rings. The van der Waals surface area contributed by atoms with E-state index < -0.39 is 0 Å². The molecule has 0 unspecified atom stereocenters. The van der Waals surface area contributed by atoms with E-state index in [-0.39, 0.29) is 12.3 Å². The van der Waals surface area contributed by atoms with Crippen molar-refractivity contribution in [3.05, 3.63) is 92.9 Å². The van der Waals surface area contributed by atoms with Crippen LogP contribution >= 0.6 is 27.5 Å². The predicted octanol–water partition coefficient (Wildman–Crippen LogP) is 6.35. The Bertz CT molecular complexity index is 1080. The normalized spacial score (nSPS) is 19.8. The Morgan fingerprint density at radius 1 is 1.07 bits per heavy atom. The number of halogens is 2. The number of fused-ring (bicyclic) bond motifs is 3. The van der Waals surface area contributed by atoms with Gasteiger partial charge in [-0.15, -0.1) is 0 Å². The van der Waals surface area contributed by atoms with Crippen LogP contribution in [0.1, 0.15) is 35.4 Å². The smallest absolute Gasteiger partial charge is 0.213 e. The van der Waals surface area contributed by atoms with Gasteiger partial charge in [0.1, 0.15) is 11.5 Å². The second kappa shape index (κ2) is 7.39. The number of ether oxygens (including phenoxy) is 2. The first-order valence-electron chi connectivity index (χ1n) is 9.34. The minimum Gasteiger partial charge on any atom is -0.497 e. The highest BCUT2D eigenvalue weighted by molar-refractivity contribution is 9.10. The van der Waals surface area contributed by atoms with E-state index in [0.717, 1.165) is 44.8 Å². The molecule has 2 atom stereocenters. The van der Waals surface area contributed by atoms with Gasteiger partial charge in [-0.2, -0.15) is 5.10 Å². The summed E-state index contributed by atoms with van der Waals surface area (Å²) in [4.78, 5) is 0. The number of benzene rings is 3. The van der Waals surface area contributed by atoms with Gasteiger partial charge < -0.3 is 9.47 Å². The molecule has 0 aromatic heterocycles. The minimum atomic E-state index is -0.294. The molecule has 0 saturated carbocycles. The SMILES string of the molecule is COc1ccc(C2=NN3[C@H](C2)c2cc(Cl)ccc2O[C@H]3c2ccc(Br)cc2)cc1. The van der Waals surface area contributed by atoms with Crippen LogP contribution in [0.25, 0.3) is 0 Å². The maximum Gasteiger partial charge on any atom is 0.213 e. The van der Waals surface area contributed by atoms with E-state index in [4.69, 9.17) is 26.2 Å². The van der Waals surface area contributed by atoms with Gasteiger partial charge in [0.25, 0.3) is 0 Å². The maximum atomic E-state index is 6.37. The lowest BCUT2D eigenvalue weighted by atomic mass is 9.96. The van der Waals surface area contributed by atoms with Crippen molar-refractivity contribution in [1.29, 1.82) is 0 Å². The Balaban J connectivity index is 1.57. The van der Waals surface area contributed by atoms with Crippen molar-refractivity contribution in [2.45, 2.75) is 18.7 Å². The van der Waals surface area contributed by atoms with E-state index in [1.165, 1.54) is 0 Å². The van der Waals surface area contributed by atoms with Gasteiger partial charge in [0, 0.05) is 27.0 Å². The van der Waals surface area contributed by atoms with Gasteiger partial charge in [-0.25, -0.2) is 5.01 Å². The van der Waals surface area contributed by atoms with Gasteiger partial charge in [0.15, 0.2) is 0 Å². The molecule has 29 heavy (non-hydrogen) atoms. The Labute approximate surface area is 182 Å². The van der Waals surface area contributed by atoms with Crippen molar-refractivity contribution < 1.29 is 9.47 Å². The molecule has 2 aliphatic rings. The van der Waals surface area contributed by atoms with Crippen molar-refractivity contribution in [2.75, 3.05) is 7.11 Å². The number of hydrogen-bond donors (Lipinski definition) is 0. The Morgan fingerprint density at radius 3 is 2.55 bits per heavy atom. The van der Waals surface area contributed by atoms with Crippen LogP contribution in [0.15, 0.2) is 76.3 Å². The maximum absolute atomic E-state index is 6.37. The fraction of sp³-hybridized carbons (Fsp3) is 0.174. The van der Waals surface area contributed by atoms with Gasteiger partial charge in [0.2, 0.25) is 6.23 Å². The molecule has 0 fully saturated rings. The average Bonchev–Trinajstić information content (AvgIpc) is 3.20. The number of hydrazone groups is 1. The number of nitrogens with zero attached hydrogens (tertiary/aromatic N) is 2. The lowest BCUT2D eigenvalue weighted by molar-refractivity contribution is -0.0190. The summed E-state index contributed by atoms with van der Waals surface area (Å²) < 4.78 is 12.7. The molecule has 146 valence electrons. The van der Waals surface area contributed by atoms with Crippen LogP contribution in [-0.2, 0) is 0 Å². The minimum absolute atomic E-state index is 0.0724. The van der Waals surface area contributed by atoms with Crippen LogP contribution in [0.2, 0.25) is 5.02 Å². The molecule has 0 spiro atoms. The van der Waals surface area contributed by atoms with Crippen LogP contribution in [0.3, 0.4) is 0 Å². The van der Waals surface area contributed by atoms with Gasteiger partial charge >= 0.3 is 0 Å². The lowest BCUT2D eigenvalue weighted by Gasteiger charge is -2.38. The second-order valence-corrected chi connectivity index (χ2v) is 8.43. The zero-order chi connectivity index (χ0) is 20.0. The monoisotopic (exact) mass is 468 g/mol. The summed E-state index contributed by atoms with van der Waals surface area (Å²) >= 11 is 9.80. The molecular formula is C23H18BrClN2O2. The molecule has 3 aromatic carbocycles. The topological polar surface area (TPSA) is 34.1 Å². The molecule has 2 aliphatic heterocycles. The molecule has 0 radical (unpaired) electrons. The second-order valence-electron chi connectivity index (χ2n) is 7.08. The highest BCUT2D eigenvalue weighted by Gasteiger charge is 2.41. The van der Waals surface area contributed by atoms with E-state index in [1.807, 2.05) is 54.6 Å².